The summed E-state index contributed by atoms with van der Waals surface area (Å²) in [6, 6.07) is 21.6. The molecule has 0 fully saturated rings. The van der Waals surface area contributed by atoms with E-state index in [0.29, 0.717) is 0 Å². The molecule has 0 amide bonds. The van der Waals surface area contributed by atoms with Gasteiger partial charge in [-0.3, -0.25) is 0 Å². The van der Waals surface area contributed by atoms with Gasteiger partial charge in [-0.2, -0.15) is 0 Å². The average molecular weight is 469 g/mol. The number of halogens is 1. The summed E-state index contributed by atoms with van der Waals surface area (Å²) in [5.41, 5.74) is 7.73. The third-order valence-corrected chi connectivity index (χ3v) is 7.46. The quantitative estimate of drug-likeness (QED) is 0.406. The number of furan rings is 2. The molecule has 0 aliphatic rings. The first-order valence-corrected chi connectivity index (χ1v) is 11.2. The van der Waals surface area contributed by atoms with Crippen LogP contribution in [0.3, 0.4) is 0 Å². The highest BCUT2D eigenvalue weighted by atomic mass is 127. The zero-order valence-corrected chi connectivity index (χ0v) is 17.7. The summed E-state index contributed by atoms with van der Waals surface area (Å²) in [4.78, 5) is 0. The maximum atomic E-state index is 5.84. The molecule has 0 atom stereocenters. The van der Waals surface area contributed by atoms with Gasteiger partial charge in [-0.15, -0.1) is 0 Å². The molecule has 2 aromatic carbocycles. The van der Waals surface area contributed by atoms with Gasteiger partial charge >= 0.3 is 28.7 Å². The summed E-state index contributed by atoms with van der Waals surface area (Å²) < 4.78 is 13.9. The maximum Gasteiger partial charge on any atom is 0.443 e. The van der Waals surface area contributed by atoms with Gasteiger partial charge in [-0.05, 0) is 37.1 Å². The number of hydrogen-bond donors (Lipinski definition) is 0. The lowest BCUT2D eigenvalue weighted by molar-refractivity contribution is -0.637. The van der Waals surface area contributed by atoms with Crippen LogP contribution in [0.2, 0.25) is 0 Å². The SMILES string of the molecule is Cc1ccc(Cc2ccoc2[I+]c2occc2Cc2ccc(C)cc2)cc1. The second kappa shape index (κ2) is 8.17. The number of aryl methyl sites for hydroxylation is 2. The monoisotopic (exact) mass is 469 g/mol. The summed E-state index contributed by atoms with van der Waals surface area (Å²) in [6.45, 7) is 4.23. The zero-order chi connectivity index (χ0) is 18.6. The van der Waals surface area contributed by atoms with Crippen molar-refractivity contribution in [1.29, 1.82) is 0 Å². The molecule has 0 bridgehead atoms. The highest BCUT2D eigenvalue weighted by Gasteiger charge is 2.30. The molecular weight excluding hydrogens is 447 g/mol. The second-order valence-corrected chi connectivity index (χ2v) is 9.36. The van der Waals surface area contributed by atoms with Gasteiger partial charge < -0.3 is 8.83 Å². The van der Waals surface area contributed by atoms with Crippen LogP contribution < -0.4 is 21.2 Å². The molecule has 0 aliphatic heterocycles. The summed E-state index contributed by atoms with van der Waals surface area (Å²) in [5.74, 6) is 0. The molecule has 0 saturated carbocycles. The Morgan fingerprint density at radius 1 is 0.593 bits per heavy atom. The second-order valence-electron chi connectivity index (χ2n) is 6.86. The van der Waals surface area contributed by atoms with E-state index in [9.17, 15) is 0 Å². The standard InChI is InChI=1S/C24H22IO2/c1-17-3-7-19(8-4-17)15-21-11-13-26-23(21)25-24-22(12-14-27-24)16-20-9-5-18(2)6-10-20/h3-14H,15-16H2,1-2H3/q+1. The van der Waals surface area contributed by atoms with Crippen LogP contribution in [0.25, 0.3) is 0 Å². The van der Waals surface area contributed by atoms with Crippen molar-refractivity contribution < 1.29 is 30.0 Å². The van der Waals surface area contributed by atoms with Gasteiger partial charge in [0.15, 0.2) is 0 Å². The lowest BCUT2D eigenvalue weighted by Crippen LogP contribution is -3.61. The van der Waals surface area contributed by atoms with E-state index < -0.39 is 21.2 Å². The lowest BCUT2D eigenvalue weighted by Gasteiger charge is -2.00. The van der Waals surface area contributed by atoms with Crippen molar-refractivity contribution in [2.45, 2.75) is 26.7 Å². The van der Waals surface area contributed by atoms with Crippen LogP contribution in [0.1, 0.15) is 33.4 Å². The van der Waals surface area contributed by atoms with Gasteiger partial charge in [0, 0.05) is 12.8 Å². The van der Waals surface area contributed by atoms with Gasteiger partial charge in [0.1, 0.15) is 0 Å². The molecule has 27 heavy (non-hydrogen) atoms. The van der Waals surface area contributed by atoms with Crippen molar-refractivity contribution in [1.82, 2.24) is 0 Å². The Morgan fingerprint density at radius 2 is 1.00 bits per heavy atom. The number of rotatable bonds is 6. The van der Waals surface area contributed by atoms with Gasteiger partial charge in [-0.1, -0.05) is 59.7 Å². The third-order valence-electron chi connectivity index (χ3n) is 4.59. The van der Waals surface area contributed by atoms with Gasteiger partial charge in [0.2, 0.25) is 0 Å². The van der Waals surface area contributed by atoms with Crippen molar-refractivity contribution in [2.75, 3.05) is 0 Å². The van der Waals surface area contributed by atoms with Crippen LogP contribution in [-0.4, -0.2) is 0 Å². The molecule has 136 valence electrons. The molecule has 2 aromatic heterocycles. The van der Waals surface area contributed by atoms with Crippen LogP contribution in [0.15, 0.2) is 82.0 Å². The Labute approximate surface area is 170 Å². The molecule has 0 aliphatic carbocycles. The van der Waals surface area contributed by atoms with E-state index in [1.54, 1.807) is 12.5 Å². The fourth-order valence-corrected chi connectivity index (χ4v) is 5.41. The smallest absolute Gasteiger partial charge is 0.426 e. The van der Waals surface area contributed by atoms with E-state index in [1.807, 2.05) is 0 Å². The van der Waals surface area contributed by atoms with E-state index in [0.717, 1.165) is 20.4 Å². The molecule has 2 nitrogen and oxygen atoms in total. The molecule has 2 heterocycles. The minimum absolute atomic E-state index is 0.482. The molecule has 0 unspecified atom stereocenters. The van der Waals surface area contributed by atoms with Crippen molar-refractivity contribution in [3.05, 3.63) is 114 Å². The molecular formula is C24H22IO2+. The predicted molar refractivity (Wildman–Crippen MR) is 103 cm³/mol. The summed E-state index contributed by atoms with van der Waals surface area (Å²) in [7, 11) is 0. The van der Waals surface area contributed by atoms with Crippen molar-refractivity contribution in [3.8, 4) is 0 Å². The summed E-state index contributed by atoms with van der Waals surface area (Å²) >= 11 is -0.482. The minimum atomic E-state index is -0.482. The average Bonchev–Trinajstić information content (AvgIpc) is 3.29. The van der Waals surface area contributed by atoms with Crippen molar-refractivity contribution in [3.63, 3.8) is 0 Å². The Kier molecular flexibility index (Phi) is 5.48. The van der Waals surface area contributed by atoms with Gasteiger partial charge in [-0.25, -0.2) is 0 Å². The fourth-order valence-electron chi connectivity index (χ4n) is 2.99. The fraction of sp³-hybridized carbons (Fsp3) is 0.167. The van der Waals surface area contributed by atoms with E-state index in [2.05, 4.69) is 74.5 Å². The topological polar surface area (TPSA) is 26.3 Å². The van der Waals surface area contributed by atoms with Crippen LogP contribution in [0.4, 0.5) is 0 Å². The molecule has 0 radical (unpaired) electrons. The first kappa shape index (κ1) is 18.1. The van der Waals surface area contributed by atoms with Crippen LogP contribution >= 0.6 is 0 Å². The molecule has 0 saturated heterocycles. The Hall–Kier alpha value is -2.27. The normalized spacial score (nSPS) is 11.0. The Balaban J connectivity index is 1.50. The Morgan fingerprint density at radius 3 is 1.41 bits per heavy atom. The predicted octanol–water partition coefficient (Wildman–Crippen LogP) is 2.80. The number of benzene rings is 2. The van der Waals surface area contributed by atoms with Crippen LogP contribution in [0, 0.1) is 21.4 Å². The highest BCUT2D eigenvalue weighted by Crippen LogP contribution is 2.13. The van der Waals surface area contributed by atoms with Crippen molar-refractivity contribution >= 4 is 0 Å². The lowest BCUT2D eigenvalue weighted by atomic mass is 10.1. The maximum absolute atomic E-state index is 5.84. The zero-order valence-electron chi connectivity index (χ0n) is 15.5. The third kappa shape index (κ3) is 4.53. The minimum Gasteiger partial charge on any atom is -0.426 e. The first-order chi connectivity index (χ1) is 13.2. The van der Waals surface area contributed by atoms with E-state index in [1.165, 1.54) is 33.4 Å². The van der Waals surface area contributed by atoms with Crippen molar-refractivity contribution in [2.24, 2.45) is 0 Å². The van der Waals surface area contributed by atoms with Crippen LogP contribution in [0.5, 0.6) is 0 Å². The highest BCUT2D eigenvalue weighted by molar-refractivity contribution is 5.27. The van der Waals surface area contributed by atoms with Crippen LogP contribution in [-0.2, 0) is 12.8 Å². The van der Waals surface area contributed by atoms with E-state index in [4.69, 9.17) is 8.83 Å². The first-order valence-electron chi connectivity index (χ1n) is 9.06. The molecule has 3 heteroatoms. The van der Waals surface area contributed by atoms with Gasteiger partial charge in [0.05, 0.1) is 23.7 Å². The van der Waals surface area contributed by atoms with E-state index in [-0.39, 0.29) is 0 Å². The summed E-state index contributed by atoms with van der Waals surface area (Å²) in [5, 5.41) is 0. The summed E-state index contributed by atoms with van der Waals surface area (Å²) in [6.07, 6.45) is 5.42. The molecule has 4 rings (SSSR count). The molecule has 0 spiro atoms. The Bertz CT molecular complexity index is 923. The largest absolute Gasteiger partial charge is 0.443 e. The molecule has 0 N–H and O–H groups in total. The van der Waals surface area contributed by atoms with E-state index >= 15 is 0 Å². The number of hydrogen-bond acceptors (Lipinski definition) is 2. The van der Waals surface area contributed by atoms with Gasteiger partial charge in [0.25, 0.3) is 0 Å². The molecule has 4 aromatic rings.